The molecule has 8 aliphatic rings. The summed E-state index contributed by atoms with van der Waals surface area (Å²) in [5.41, 5.74) is 27.1. The van der Waals surface area contributed by atoms with Gasteiger partial charge in [-0.3, -0.25) is 0 Å². The van der Waals surface area contributed by atoms with E-state index < -0.39 is 32.3 Å². The van der Waals surface area contributed by atoms with E-state index in [1.54, 1.807) is 22.3 Å². The molecule has 0 nitrogen and oxygen atoms in total. The quantitative estimate of drug-likeness (QED) is 0.105. The van der Waals surface area contributed by atoms with Crippen LogP contribution in [0.4, 0.5) is 0 Å². The van der Waals surface area contributed by atoms with Gasteiger partial charge in [-0.05, 0) is 44.4 Å². The Bertz CT molecular complexity index is 2780. The summed E-state index contributed by atoms with van der Waals surface area (Å²) in [7, 11) is -4.47. The number of fused-ring (bicyclic) bond motifs is 12. The van der Waals surface area contributed by atoms with Crippen LogP contribution in [0.5, 0.6) is 0 Å². The summed E-state index contributed by atoms with van der Waals surface area (Å²) in [4.78, 5) is 0. The first-order valence-corrected chi connectivity index (χ1v) is 40.6. The fourth-order valence-electron chi connectivity index (χ4n) is 16.7. The van der Waals surface area contributed by atoms with E-state index in [0.29, 0.717) is 0 Å². The van der Waals surface area contributed by atoms with E-state index in [1.165, 1.54) is 165 Å². The number of hydrogen-bond acceptors (Lipinski definition) is 0. The van der Waals surface area contributed by atoms with Crippen LogP contribution in [0, 0.1) is 24.3 Å². The van der Waals surface area contributed by atoms with Gasteiger partial charge >= 0.3 is 52.4 Å². The number of hydrogen-bond donors (Lipinski definition) is 0. The van der Waals surface area contributed by atoms with E-state index in [-0.39, 0.29) is 77.2 Å². The Labute approximate surface area is 535 Å². The van der Waals surface area contributed by atoms with Crippen molar-refractivity contribution >= 4 is 32.3 Å². The maximum absolute atomic E-state index is 3.59. The molecule has 4 aliphatic heterocycles. The van der Waals surface area contributed by atoms with Crippen LogP contribution in [0.25, 0.3) is 44.5 Å². The molecule has 0 N–H and O–H groups in total. The number of rotatable bonds is 8. The molecule has 4 fully saturated rings. The van der Waals surface area contributed by atoms with Crippen molar-refractivity contribution in [1.29, 1.82) is 0 Å². The van der Waals surface area contributed by atoms with Gasteiger partial charge in [-0.25, -0.2) is 0 Å². The molecular weight excluding hydrogens is 1230 g/mol. The van der Waals surface area contributed by atoms with Crippen molar-refractivity contribution < 1.29 is 77.2 Å². The summed E-state index contributed by atoms with van der Waals surface area (Å²) >= 11 is 0. The average Bonchev–Trinajstić information content (AvgIpc) is 4.22. The van der Waals surface area contributed by atoms with Crippen LogP contribution in [-0.4, -0.2) is 32.3 Å². The van der Waals surface area contributed by atoms with Gasteiger partial charge in [0.25, 0.3) is 0 Å². The maximum atomic E-state index is 3.59. The first-order chi connectivity index (χ1) is 37.4. The van der Waals surface area contributed by atoms with E-state index in [0.717, 1.165) is 22.2 Å². The smallest absolute Gasteiger partial charge is 1.00 e. The van der Waals surface area contributed by atoms with Crippen molar-refractivity contribution in [1.82, 2.24) is 0 Å². The van der Waals surface area contributed by atoms with Crippen LogP contribution in [0.3, 0.4) is 0 Å². The second-order valence-corrected chi connectivity index (χ2v) is 44.4. The van der Waals surface area contributed by atoms with Crippen molar-refractivity contribution in [3.63, 3.8) is 0 Å². The topological polar surface area (TPSA) is 0 Å². The Kier molecular flexibility index (Phi) is 19.7. The largest absolute Gasteiger partial charge is 2.00 e. The van der Waals surface area contributed by atoms with E-state index in [1.807, 2.05) is 0 Å². The third-order valence-corrected chi connectivity index (χ3v) is 45.3. The summed E-state index contributed by atoms with van der Waals surface area (Å²) in [6, 6.07) is 94.6. The zero-order valence-electron chi connectivity index (χ0n) is 47.5. The molecule has 0 saturated carbocycles. The fraction of sp³-hybridized carbons (Fsp3) is 0.333. The van der Waals surface area contributed by atoms with Gasteiger partial charge in [-0.15, -0.1) is 44.5 Å². The predicted molar refractivity (Wildman–Crippen MR) is 332 cm³/mol. The zero-order chi connectivity index (χ0) is 51.5. The summed E-state index contributed by atoms with van der Waals surface area (Å²) in [5, 5.41) is 0. The molecule has 16 rings (SSSR count). The monoisotopic (exact) mass is 1300 g/mol. The Morgan fingerprint density at radius 2 is 0.475 bits per heavy atom. The molecule has 0 spiro atoms. The first kappa shape index (κ1) is 61.5. The molecule has 8 aromatic carbocycles. The van der Waals surface area contributed by atoms with Crippen molar-refractivity contribution in [2.45, 2.75) is 148 Å². The second-order valence-electron chi connectivity index (χ2n) is 24.3. The molecule has 4 unspecified atom stereocenters. The summed E-state index contributed by atoms with van der Waals surface area (Å²) in [5.74, 6) is 0. The first-order valence-electron chi connectivity index (χ1n) is 29.8. The summed E-state index contributed by atoms with van der Waals surface area (Å²) in [6.07, 6.45) is 5.84. The molecule has 8 heteroatoms. The summed E-state index contributed by atoms with van der Waals surface area (Å²) < 4.78 is 0. The Hall–Kier alpha value is -3.03. The van der Waals surface area contributed by atoms with E-state index in [9.17, 15) is 0 Å². The average molecular weight is 1310 g/mol. The molecule has 0 radical (unpaired) electrons. The molecule has 4 aliphatic carbocycles. The Morgan fingerprint density at radius 1 is 0.287 bits per heavy atom. The van der Waals surface area contributed by atoms with Gasteiger partial charge in [0.15, 0.2) is 0 Å². The molecule has 4 heterocycles. The molecule has 0 bridgehead atoms. The van der Waals surface area contributed by atoms with Gasteiger partial charge < -0.3 is 24.8 Å². The van der Waals surface area contributed by atoms with Gasteiger partial charge in [0.1, 0.15) is 0 Å². The van der Waals surface area contributed by atoms with Gasteiger partial charge in [0.2, 0.25) is 0 Å². The minimum atomic E-state index is -1.12. The molecule has 0 amide bonds. The van der Waals surface area contributed by atoms with Crippen LogP contribution >= 0.6 is 0 Å². The van der Waals surface area contributed by atoms with Crippen molar-refractivity contribution in [2.24, 2.45) is 0 Å². The minimum absolute atomic E-state index is 0. The van der Waals surface area contributed by atoms with E-state index in [4.69, 9.17) is 0 Å². The van der Waals surface area contributed by atoms with Gasteiger partial charge in [0.05, 0.1) is 32.3 Å². The molecule has 4 saturated heterocycles. The van der Waals surface area contributed by atoms with Crippen LogP contribution in [0.2, 0.25) is 72.5 Å². The normalized spacial score (nSPS) is 21.4. The maximum Gasteiger partial charge on any atom is 2.00 e. The van der Waals surface area contributed by atoms with Gasteiger partial charge in [0, 0.05) is 0 Å². The van der Waals surface area contributed by atoms with Crippen molar-refractivity contribution in [3.05, 3.63) is 239 Å². The van der Waals surface area contributed by atoms with Crippen molar-refractivity contribution in [3.8, 4) is 44.5 Å². The molecule has 404 valence electrons. The Morgan fingerprint density at radius 3 is 0.650 bits per heavy atom. The van der Waals surface area contributed by atoms with Crippen LogP contribution in [0.1, 0.15) is 120 Å². The van der Waals surface area contributed by atoms with Crippen molar-refractivity contribution in [2.75, 3.05) is 0 Å². The fourth-order valence-corrected chi connectivity index (χ4v) is 35.6. The van der Waals surface area contributed by atoms with Crippen LogP contribution < -0.4 is 24.8 Å². The minimum Gasteiger partial charge on any atom is -1.00 e. The third-order valence-electron chi connectivity index (χ3n) is 21.6. The number of benzene rings is 8. The van der Waals surface area contributed by atoms with Crippen LogP contribution in [0.15, 0.2) is 170 Å². The van der Waals surface area contributed by atoms with Gasteiger partial charge in [-0.2, -0.15) is 97.1 Å². The summed E-state index contributed by atoms with van der Waals surface area (Å²) in [6.45, 7) is 9.70. The molecule has 4 atom stereocenters. The van der Waals surface area contributed by atoms with Gasteiger partial charge in [-0.1, -0.05) is 245 Å². The Balaban J connectivity index is 0.000000127. The van der Waals surface area contributed by atoms with Crippen LogP contribution in [-0.2, 0) is 52.4 Å². The van der Waals surface area contributed by atoms with E-state index in [2.05, 4.69) is 222 Å². The molecule has 0 aromatic heterocycles. The second kappa shape index (κ2) is 25.7. The SMILES string of the molecule is CC[Si]1(C2c3[c-]cccc3-c3ccccc32)CCC1.CC[Si]1(C2c3[c-]cccc3-c3ccccc32)CCC1.CC[Si]1(C2c3[c-]cccc3-c3ccccc32)CCC1.CC[Si]1(C2c3[c-]cccc3-c3ccccc32)CCC1.[Cl-].[Cl-].[Zr+2].[Zr+2]. The van der Waals surface area contributed by atoms with E-state index >= 15 is 0 Å². The number of halogens is 2. The standard InChI is InChI=1S/4C18H19Si.2ClH.2Zr/c4*1-2-19(12-7-13-19)18-16-10-5-3-8-14(16)15-9-4-6-11-17(15)18;;;;/h4*3-6,8-10,18H,2,7,12-13H2,1H3;2*1H;;/q4*-1;;;2*+2/p-2. The molecular formula is C72H76Cl2Si4Zr2-2. The third kappa shape index (κ3) is 10.2. The molecule has 8 aromatic rings. The predicted octanol–water partition coefficient (Wildman–Crippen LogP) is 14.0. The zero-order valence-corrected chi connectivity index (χ0v) is 58.0. The molecule has 80 heavy (non-hydrogen) atoms.